The van der Waals surface area contributed by atoms with E-state index < -0.39 is 17.3 Å². The van der Waals surface area contributed by atoms with Crippen LogP contribution in [0, 0.1) is 0 Å². The van der Waals surface area contributed by atoms with Crippen molar-refractivity contribution in [2.75, 3.05) is 36.4 Å². The summed E-state index contributed by atoms with van der Waals surface area (Å²) in [5.41, 5.74) is -0.0134. The van der Waals surface area contributed by atoms with E-state index in [0.717, 1.165) is 5.69 Å². The molecule has 1 saturated heterocycles. The first-order valence-corrected chi connectivity index (χ1v) is 10.2. The SMILES string of the molecule is CC(C)(C)OC(=O)Nc1cc(N2CCN(C(=O)OC(C)(C)C)CC2)c(Cl)cc1Cl. The van der Waals surface area contributed by atoms with E-state index in [2.05, 4.69) is 5.32 Å². The van der Waals surface area contributed by atoms with Crippen molar-refractivity contribution in [3.8, 4) is 0 Å². The molecule has 1 fully saturated rings. The highest BCUT2D eigenvalue weighted by atomic mass is 35.5. The van der Waals surface area contributed by atoms with Gasteiger partial charge in [-0.2, -0.15) is 0 Å². The van der Waals surface area contributed by atoms with Gasteiger partial charge in [0, 0.05) is 26.2 Å². The normalized spacial score (nSPS) is 15.2. The Bertz CT molecular complexity index is 764. The van der Waals surface area contributed by atoms with E-state index in [1.807, 2.05) is 25.7 Å². The maximum Gasteiger partial charge on any atom is 0.412 e. The third kappa shape index (κ3) is 7.16. The van der Waals surface area contributed by atoms with Gasteiger partial charge in [0.2, 0.25) is 0 Å². The molecular weight excluding hydrogens is 417 g/mol. The van der Waals surface area contributed by atoms with E-state index in [4.69, 9.17) is 32.7 Å². The zero-order valence-electron chi connectivity index (χ0n) is 17.8. The van der Waals surface area contributed by atoms with E-state index in [0.29, 0.717) is 41.9 Å². The van der Waals surface area contributed by atoms with E-state index in [1.165, 1.54) is 0 Å². The van der Waals surface area contributed by atoms with Crippen molar-refractivity contribution in [3.63, 3.8) is 0 Å². The van der Waals surface area contributed by atoms with Crippen molar-refractivity contribution < 1.29 is 19.1 Å². The highest BCUT2D eigenvalue weighted by Gasteiger charge is 2.27. The Morgan fingerprint density at radius 1 is 0.897 bits per heavy atom. The molecule has 1 aliphatic heterocycles. The van der Waals surface area contributed by atoms with Crippen LogP contribution < -0.4 is 10.2 Å². The van der Waals surface area contributed by atoms with Gasteiger partial charge in [0.1, 0.15) is 11.2 Å². The molecule has 0 bridgehead atoms. The molecule has 1 N–H and O–H groups in total. The van der Waals surface area contributed by atoms with E-state index in [9.17, 15) is 9.59 Å². The standard InChI is InChI=1S/C20H29Cl2N3O4/c1-19(2,3)28-17(26)23-15-12-16(14(22)11-13(15)21)24-7-9-25(10-8-24)18(27)29-20(4,5)6/h11-12H,7-10H2,1-6H3,(H,23,26). The molecule has 29 heavy (non-hydrogen) atoms. The number of hydrogen-bond donors (Lipinski definition) is 1. The summed E-state index contributed by atoms with van der Waals surface area (Å²) in [5.74, 6) is 0. The lowest BCUT2D eigenvalue weighted by atomic mass is 10.2. The van der Waals surface area contributed by atoms with Gasteiger partial charge in [0.15, 0.2) is 0 Å². The van der Waals surface area contributed by atoms with Gasteiger partial charge < -0.3 is 19.3 Å². The molecule has 1 aromatic carbocycles. The van der Waals surface area contributed by atoms with Crippen molar-refractivity contribution in [1.29, 1.82) is 0 Å². The molecule has 0 saturated carbocycles. The van der Waals surface area contributed by atoms with E-state index in [1.54, 1.807) is 37.8 Å². The van der Waals surface area contributed by atoms with Gasteiger partial charge in [-0.15, -0.1) is 0 Å². The third-order valence-corrected chi connectivity index (χ3v) is 4.56. The number of piperazine rings is 1. The lowest BCUT2D eigenvalue weighted by Gasteiger charge is -2.37. The van der Waals surface area contributed by atoms with Gasteiger partial charge in [-0.3, -0.25) is 5.32 Å². The fourth-order valence-corrected chi connectivity index (χ4v) is 3.30. The largest absolute Gasteiger partial charge is 0.444 e. The molecule has 2 rings (SSSR count). The Labute approximate surface area is 182 Å². The molecule has 1 aromatic rings. The summed E-state index contributed by atoms with van der Waals surface area (Å²) < 4.78 is 10.7. The van der Waals surface area contributed by atoms with E-state index in [-0.39, 0.29) is 6.09 Å². The van der Waals surface area contributed by atoms with Crippen molar-refractivity contribution in [2.45, 2.75) is 52.7 Å². The lowest BCUT2D eigenvalue weighted by molar-refractivity contribution is 0.0240. The number of hydrogen-bond acceptors (Lipinski definition) is 5. The maximum absolute atomic E-state index is 12.2. The molecular formula is C20H29Cl2N3O4. The second kappa shape index (κ2) is 8.88. The topological polar surface area (TPSA) is 71.1 Å². The molecule has 9 heteroatoms. The number of nitrogens with one attached hydrogen (secondary N) is 1. The monoisotopic (exact) mass is 445 g/mol. The van der Waals surface area contributed by atoms with Crippen LogP contribution in [0.15, 0.2) is 12.1 Å². The number of nitrogens with zero attached hydrogens (tertiary/aromatic N) is 2. The highest BCUT2D eigenvalue weighted by molar-refractivity contribution is 6.38. The Balaban J connectivity index is 2.08. The number of benzene rings is 1. The average molecular weight is 446 g/mol. The number of halogens is 2. The van der Waals surface area contributed by atoms with Gasteiger partial charge >= 0.3 is 12.2 Å². The molecule has 0 unspecified atom stereocenters. The van der Waals surface area contributed by atoms with Crippen LogP contribution in [0.2, 0.25) is 10.0 Å². The van der Waals surface area contributed by atoms with Crippen LogP contribution in [0.5, 0.6) is 0 Å². The van der Waals surface area contributed by atoms with Gasteiger partial charge in [-0.1, -0.05) is 23.2 Å². The fraction of sp³-hybridized carbons (Fsp3) is 0.600. The lowest BCUT2D eigenvalue weighted by Crippen LogP contribution is -2.50. The predicted octanol–water partition coefficient (Wildman–Crippen LogP) is 5.40. The average Bonchev–Trinajstić information content (AvgIpc) is 2.54. The van der Waals surface area contributed by atoms with Crippen molar-refractivity contribution in [1.82, 2.24) is 4.90 Å². The van der Waals surface area contributed by atoms with E-state index >= 15 is 0 Å². The number of ether oxygens (including phenoxy) is 2. The van der Waals surface area contributed by atoms with Crippen LogP contribution in [0.1, 0.15) is 41.5 Å². The van der Waals surface area contributed by atoms with Crippen LogP contribution in [-0.4, -0.2) is 54.5 Å². The predicted molar refractivity (Wildman–Crippen MR) is 116 cm³/mol. The van der Waals surface area contributed by atoms with Crippen molar-refractivity contribution in [2.24, 2.45) is 0 Å². The zero-order chi connectivity index (χ0) is 22.0. The molecule has 2 amide bonds. The van der Waals surface area contributed by atoms with Crippen LogP contribution in [0.3, 0.4) is 0 Å². The van der Waals surface area contributed by atoms with Crippen molar-refractivity contribution >= 4 is 46.8 Å². The third-order valence-electron chi connectivity index (χ3n) is 3.94. The van der Waals surface area contributed by atoms with Gasteiger partial charge in [-0.25, -0.2) is 9.59 Å². The van der Waals surface area contributed by atoms with Gasteiger partial charge in [0.25, 0.3) is 0 Å². The second-order valence-corrected chi connectivity index (χ2v) is 9.68. The Kier molecular flexibility index (Phi) is 7.17. The Morgan fingerprint density at radius 2 is 1.45 bits per heavy atom. The summed E-state index contributed by atoms with van der Waals surface area (Å²) >= 11 is 12.6. The smallest absolute Gasteiger partial charge is 0.412 e. The molecule has 0 atom stereocenters. The number of rotatable bonds is 2. The first kappa shape index (κ1) is 23.4. The summed E-state index contributed by atoms with van der Waals surface area (Å²) in [4.78, 5) is 28.0. The second-order valence-electron chi connectivity index (χ2n) is 8.86. The molecule has 7 nitrogen and oxygen atoms in total. The summed E-state index contributed by atoms with van der Waals surface area (Å²) in [6, 6.07) is 3.31. The summed E-state index contributed by atoms with van der Waals surface area (Å²) in [6.45, 7) is 13.0. The molecule has 0 radical (unpaired) electrons. The highest BCUT2D eigenvalue weighted by Crippen LogP contribution is 2.35. The van der Waals surface area contributed by atoms with Crippen molar-refractivity contribution in [3.05, 3.63) is 22.2 Å². The first-order valence-electron chi connectivity index (χ1n) is 9.47. The molecule has 0 spiro atoms. The Morgan fingerprint density at radius 3 is 1.97 bits per heavy atom. The minimum Gasteiger partial charge on any atom is -0.444 e. The molecule has 162 valence electrons. The molecule has 0 aromatic heterocycles. The van der Waals surface area contributed by atoms with Crippen LogP contribution >= 0.6 is 23.2 Å². The number of anilines is 2. The first-order chi connectivity index (χ1) is 13.2. The number of carbonyl (C=O) groups excluding carboxylic acids is 2. The van der Waals surface area contributed by atoms with Gasteiger partial charge in [0.05, 0.1) is 21.4 Å². The Hall–Kier alpha value is -1.86. The summed E-state index contributed by atoms with van der Waals surface area (Å²) in [7, 11) is 0. The minimum atomic E-state index is -0.621. The molecule has 1 heterocycles. The van der Waals surface area contributed by atoms with Gasteiger partial charge in [-0.05, 0) is 53.7 Å². The molecule has 0 aliphatic carbocycles. The molecule has 1 aliphatic rings. The summed E-state index contributed by atoms with van der Waals surface area (Å²) in [5, 5.41) is 3.45. The van der Waals surface area contributed by atoms with Crippen LogP contribution in [0.25, 0.3) is 0 Å². The summed E-state index contributed by atoms with van der Waals surface area (Å²) in [6.07, 6.45) is -0.922. The number of carbonyl (C=O) groups is 2. The fourth-order valence-electron chi connectivity index (χ4n) is 2.75. The zero-order valence-corrected chi connectivity index (χ0v) is 19.3. The maximum atomic E-state index is 12.2. The number of amides is 2. The van der Waals surface area contributed by atoms with Crippen LogP contribution in [0.4, 0.5) is 21.0 Å². The quantitative estimate of drug-likeness (QED) is 0.659. The van der Waals surface area contributed by atoms with Crippen LogP contribution in [-0.2, 0) is 9.47 Å². The minimum absolute atomic E-state index is 0.317.